The first-order valence-electron chi connectivity index (χ1n) is 5.82. The van der Waals surface area contributed by atoms with Crippen molar-refractivity contribution in [2.75, 3.05) is 6.61 Å². The Morgan fingerprint density at radius 1 is 1.56 bits per heavy atom. The van der Waals surface area contributed by atoms with E-state index in [-0.39, 0.29) is 30.1 Å². The summed E-state index contributed by atoms with van der Waals surface area (Å²) in [5.41, 5.74) is 1.24. The maximum atomic E-state index is 11.9. The predicted molar refractivity (Wildman–Crippen MR) is 69.1 cm³/mol. The largest absolute Gasteiger partial charge is 0.511 e. The second kappa shape index (κ2) is 6.10. The van der Waals surface area contributed by atoms with Crippen LogP contribution in [0.2, 0.25) is 0 Å². The van der Waals surface area contributed by atoms with Gasteiger partial charge >= 0.3 is 5.97 Å². The lowest BCUT2D eigenvalue weighted by molar-refractivity contribution is -0.138. The Hall–Kier alpha value is -1.97. The summed E-state index contributed by atoms with van der Waals surface area (Å²) in [5.74, 6) is -0.597. The van der Waals surface area contributed by atoms with Gasteiger partial charge in [0.2, 0.25) is 0 Å². The molecule has 0 fully saturated rings. The number of carbonyl (C=O) groups excluding carboxylic acids is 1. The van der Waals surface area contributed by atoms with E-state index in [1.54, 1.807) is 19.9 Å². The maximum absolute atomic E-state index is 11.9. The van der Waals surface area contributed by atoms with Crippen LogP contribution >= 0.6 is 0 Å². The van der Waals surface area contributed by atoms with Crippen LogP contribution in [0.3, 0.4) is 0 Å². The summed E-state index contributed by atoms with van der Waals surface area (Å²) < 4.78 is 4.94. The van der Waals surface area contributed by atoms with Gasteiger partial charge in [0.15, 0.2) is 0 Å². The highest BCUT2D eigenvalue weighted by molar-refractivity contribution is 5.94. The van der Waals surface area contributed by atoms with Crippen LogP contribution in [0.1, 0.15) is 26.7 Å². The SMILES string of the molecule is C=CCC1=C(C)C(O)=CCC(O)=C1C(=O)OCC. The molecular weight excluding hydrogens is 232 g/mol. The van der Waals surface area contributed by atoms with Gasteiger partial charge in [-0.25, -0.2) is 4.79 Å². The summed E-state index contributed by atoms with van der Waals surface area (Å²) in [6.45, 7) is 7.25. The van der Waals surface area contributed by atoms with Crippen LogP contribution in [0, 0.1) is 0 Å². The lowest BCUT2D eigenvalue weighted by atomic mass is 9.97. The zero-order chi connectivity index (χ0) is 13.7. The normalized spacial score (nSPS) is 16.2. The van der Waals surface area contributed by atoms with Crippen molar-refractivity contribution in [3.63, 3.8) is 0 Å². The smallest absolute Gasteiger partial charge is 0.341 e. The molecule has 0 aromatic rings. The first-order valence-corrected chi connectivity index (χ1v) is 5.82. The Balaban J connectivity index is 3.32. The van der Waals surface area contributed by atoms with Crippen LogP contribution < -0.4 is 0 Å². The molecule has 0 unspecified atom stereocenters. The van der Waals surface area contributed by atoms with Gasteiger partial charge in [0, 0.05) is 6.42 Å². The molecule has 0 saturated heterocycles. The molecule has 98 valence electrons. The number of esters is 1. The highest BCUT2D eigenvalue weighted by atomic mass is 16.5. The van der Waals surface area contributed by atoms with Crippen LogP contribution in [0.4, 0.5) is 0 Å². The van der Waals surface area contributed by atoms with Crippen molar-refractivity contribution in [2.24, 2.45) is 0 Å². The molecule has 0 heterocycles. The van der Waals surface area contributed by atoms with Gasteiger partial charge in [0.25, 0.3) is 0 Å². The Morgan fingerprint density at radius 3 is 2.78 bits per heavy atom. The number of rotatable bonds is 4. The van der Waals surface area contributed by atoms with E-state index in [0.29, 0.717) is 17.6 Å². The van der Waals surface area contributed by atoms with Gasteiger partial charge < -0.3 is 14.9 Å². The second-order valence-electron chi connectivity index (χ2n) is 3.93. The topological polar surface area (TPSA) is 66.8 Å². The summed E-state index contributed by atoms with van der Waals surface area (Å²) >= 11 is 0. The second-order valence-corrected chi connectivity index (χ2v) is 3.93. The molecule has 18 heavy (non-hydrogen) atoms. The molecule has 0 aromatic heterocycles. The summed E-state index contributed by atoms with van der Waals surface area (Å²) in [4.78, 5) is 11.9. The molecule has 4 nitrogen and oxygen atoms in total. The minimum Gasteiger partial charge on any atom is -0.511 e. The molecule has 0 saturated carbocycles. The predicted octanol–water partition coefficient (Wildman–Crippen LogP) is 3.10. The number of aliphatic hydroxyl groups excluding tert-OH is 2. The van der Waals surface area contributed by atoms with Crippen molar-refractivity contribution in [3.05, 3.63) is 47.0 Å². The summed E-state index contributed by atoms with van der Waals surface area (Å²) in [6, 6.07) is 0. The number of hydrogen-bond acceptors (Lipinski definition) is 4. The Kier molecular flexibility index (Phi) is 4.77. The van der Waals surface area contributed by atoms with Crippen LogP contribution in [0.15, 0.2) is 47.0 Å². The molecule has 0 radical (unpaired) electrons. The first-order chi connectivity index (χ1) is 8.52. The van der Waals surface area contributed by atoms with E-state index >= 15 is 0 Å². The molecule has 1 aliphatic carbocycles. The number of carbonyl (C=O) groups is 1. The first kappa shape index (κ1) is 14.1. The molecule has 0 bridgehead atoms. The zero-order valence-corrected chi connectivity index (χ0v) is 10.7. The highest BCUT2D eigenvalue weighted by Crippen LogP contribution is 2.30. The highest BCUT2D eigenvalue weighted by Gasteiger charge is 2.24. The van der Waals surface area contributed by atoms with Crippen molar-refractivity contribution >= 4 is 5.97 Å². The third kappa shape index (κ3) is 2.83. The van der Waals surface area contributed by atoms with Crippen LogP contribution in [0.5, 0.6) is 0 Å². The number of allylic oxidation sites excluding steroid dienone is 3. The molecular formula is C14H18O4. The standard InChI is InChI=1S/C14H18O4/c1-4-6-10-9(3)11(15)7-8-12(16)13(10)14(17)18-5-2/h4,7,15-16H,1,5-6,8H2,2-3H3. The van der Waals surface area contributed by atoms with Gasteiger partial charge in [-0.3, -0.25) is 0 Å². The Morgan fingerprint density at radius 2 is 2.22 bits per heavy atom. The fraction of sp³-hybridized carbons (Fsp3) is 0.357. The van der Waals surface area contributed by atoms with Gasteiger partial charge in [0.1, 0.15) is 17.1 Å². The minimum absolute atomic E-state index is 0.0673. The number of hydrogen-bond donors (Lipinski definition) is 2. The van der Waals surface area contributed by atoms with Crippen molar-refractivity contribution in [2.45, 2.75) is 26.7 Å². The molecule has 1 rings (SSSR count). The molecule has 4 heteroatoms. The zero-order valence-electron chi connectivity index (χ0n) is 10.7. The van der Waals surface area contributed by atoms with Crippen molar-refractivity contribution < 1.29 is 19.7 Å². The van der Waals surface area contributed by atoms with E-state index in [1.165, 1.54) is 6.08 Å². The molecule has 0 spiro atoms. The number of ether oxygens (including phenoxy) is 1. The fourth-order valence-corrected chi connectivity index (χ4v) is 1.81. The average Bonchev–Trinajstić information content (AvgIpc) is 2.43. The molecule has 0 amide bonds. The van der Waals surface area contributed by atoms with E-state index in [9.17, 15) is 15.0 Å². The van der Waals surface area contributed by atoms with Gasteiger partial charge in [-0.2, -0.15) is 0 Å². The maximum Gasteiger partial charge on any atom is 0.341 e. The van der Waals surface area contributed by atoms with Gasteiger partial charge in [0.05, 0.1) is 6.61 Å². The third-order valence-electron chi connectivity index (χ3n) is 2.74. The lowest BCUT2D eigenvalue weighted by Gasteiger charge is -2.13. The Bertz CT molecular complexity index is 452. The van der Waals surface area contributed by atoms with Crippen molar-refractivity contribution in [1.29, 1.82) is 0 Å². The summed E-state index contributed by atoms with van der Waals surface area (Å²) in [7, 11) is 0. The number of aliphatic hydroxyl groups is 2. The quantitative estimate of drug-likeness (QED) is 0.594. The lowest BCUT2D eigenvalue weighted by Crippen LogP contribution is -2.13. The van der Waals surface area contributed by atoms with Gasteiger partial charge in [-0.05, 0) is 37.5 Å². The van der Waals surface area contributed by atoms with E-state index in [0.717, 1.165) is 0 Å². The van der Waals surface area contributed by atoms with Crippen LogP contribution in [0.25, 0.3) is 0 Å². The molecule has 2 N–H and O–H groups in total. The molecule has 0 aliphatic heterocycles. The summed E-state index contributed by atoms with van der Waals surface area (Å²) in [5, 5.41) is 19.7. The monoisotopic (exact) mass is 250 g/mol. The van der Waals surface area contributed by atoms with E-state index in [1.807, 2.05) is 0 Å². The minimum atomic E-state index is -0.575. The fourth-order valence-electron chi connectivity index (χ4n) is 1.81. The van der Waals surface area contributed by atoms with Crippen LogP contribution in [-0.4, -0.2) is 22.8 Å². The molecule has 1 aliphatic rings. The van der Waals surface area contributed by atoms with E-state index in [4.69, 9.17) is 4.74 Å². The van der Waals surface area contributed by atoms with Gasteiger partial charge in [-0.1, -0.05) is 6.08 Å². The Labute approximate surface area is 107 Å². The van der Waals surface area contributed by atoms with E-state index < -0.39 is 5.97 Å². The van der Waals surface area contributed by atoms with Crippen molar-refractivity contribution in [1.82, 2.24) is 0 Å². The van der Waals surface area contributed by atoms with Gasteiger partial charge in [-0.15, -0.1) is 6.58 Å². The molecule has 0 atom stereocenters. The third-order valence-corrected chi connectivity index (χ3v) is 2.74. The van der Waals surface area contributed by atoms with Crippen molar-refractivity contribution in [3.8, 4) is 0 Å². The molecule has 0 aromatic carbocycles. The van der Waals surface area contributed by atoms with E-state index in [2.05, 4.69) is 6.58 Å². The summed E-state index contributed by atoms with van der Waals surface area (Å²) in [6.07, 6.45) is 3.57. The van der Waals surface area contributed by atoms with Crippen LogP contribution in [-0.2, 0) is 9.53 Å². The average molecular weight is 250 g/mol.